The normalized spacial score (nSPS) is 20.8. The maximum Gasteiger partial charge on any atom is 0.193 e. The van der Waals surface area contributed by atoms with Gasteiger partial charge in [-0.1, -0.05) is 13.3 Å². The number of aliphatic imine (C=N–C) groups is 1. The van der Waals surface area contributed by atoms with E-state index < -0.39 is 0 Å². The molecular formula is C14H31IN4. The highest BCUT2D eigenvalue weighted by atomic mass is 127. The Bertz CT molecular complexity index is 258. The van der Waals surface area contributed by atoms with Crippen LogP contribution in [0.25, 0.3) is 0 Å². The minimum Gasteiger partial charge on any atom is -0.356 e. The third-order valence-corrected chi connectivity index (χ3v) is 3.69. The summed E-state index contributed by atoms with van der Waals surface area (Å²) < 4.78 is 0. The number of piperidine rings is 1. The Morgan fingerprint density at radius 3 is 2.79 bits per heavy atom. The summed E-state index contributed by atoms with van der Waals surface area (Å²) in [5, 5.41) is 3.52. The lowest BCUT2D eigenvalue weighted by molar-refractivity contribution is 0.209. The Kier molecular flexibility index (Phi) is 10.7. The van der Waals surface area contributed by atoms with Crippen LogP contribution in [0, 0.1) is 5.92 Å². The molecule has 1 aliphatic heterocycles. The minimum absolute atomic E-state index is 0. The van der Waals surface area contributed by atoms with Gasteiger partial charge in [-0.05, 0) is 38.8 Å². The molecule has 1 saturated heterocycles. The SMILES string of the molecule is CCCCN(C)C(=NC)NCC1CCCN(C)C1.I. The lowest BCUT2D eigenvalue weighted by Gasteiger charge is -2.31. The van der Waals surface area contributed by atoms with E-state index >= 15 is 0 Å². The summed E-state index contributed by atoms with van der Waals surface area (Å²) in [5.41, 5.74) is 0. The topological polar surface area (TPSA) is 30.9 Å². The predicted octanol–water partition coefficient (Wildman–Crippen LogP) is 2.25. The van der Waals surface area contributed by atoms with Gasteiger partial charge in [0.05, 0.1) is 0 Å². The van der Waals surface area contributed by atoms with Gasteiger partial charge in [0.15, 0.2) is 5.96 Å². The Hall–Kier alpha value is -0.0400. The van der Waals surface area contributed by atoms with Gasteiger partial charge >= 0.3 is 0 Å². The third-order valence-electron chi connectivity index (χ3n) is 3.69. The Balaban J connectivity index is 0.00000324. The van der Waals surface area contributed by atoms with Crippen molar-refractivity contribution in [3.63, 3.8) is 0 Å². The van der Waals surface area contributed by atoms with Gasteiger partial charge in [-0.2, -0.15) is 0 Å². The molecule has 0 spiro atoms. The molecule has 1 fully saturated rings. The van der Waals surface area contributed by atoms with E-state index in [9.17, 15) is 0 Å². The number of likely N-dealkylation sites (tertiary alicyclic amines) is 1. The summed E-state index contributed by atoms with van der Waals surface area (Å²) in [6.07, 6.45) is 5.12. The van der Waals surface area contributed by atoms with Crippen LogP contribution in [-0.2, 0) is 0 Å². The maximum absolute atomic E-state index is 4.36. The maximum atomic E-state index is 4.36. The molecule has 1 N–H and O–H groups in total. The first-order valence-electron chi connectivity index (χ1n) is 7.27. The van der Waals surface area contributed by atoms with Crippen LogP contribution in [0.4, 0.5) is 0 Å². The third kappa shape index (κ3) is 7.34. The summed E-state index contributed by atoms with van der Waals surface area (Å²) in [5.74, 6) is 1.80. The van der Waals surface area contributed by atoms with Crippen molar-refractivity contribution in [3.05, 3.63) is 0 Å². The van der Waals surface area contributed by atoms with E-state index in [1.165, 1.54) is 38.8 Å². The van der Waals surface area contributed by atoms with E-state index in [0.29, 0.717) is 0 Å². The number of unbranched alkanes of at least 4 members (excludes halogenated alkanes) is 1. The fourth-order valence-electron chi connectivity index (χ4n) is 2.56. The van der Waals surface area contributed by atoms with Gasteiger partial charge in [0.2, 0.25) is 0 Å². The number of halogens is 1. The van der Waals surface area contributed by atoms with Crippen LogP contribution in [0.2, 0.25) is 0 Å². The number of hydrogen-bond donors (Lipinski definition) is 1. The molecule has 0 aromatic heterocycles. The van der Waals surface area contributed by atoms with E-state index in [4.69, 9.17) is 0 Å². The summed E-state index contributed by atoms with van der Waals surface area (Å²) in [7, 11) is 6.21. The predicted molar refractivity (Wildman–Crippen MR) is 94.5 cm³/mol. The van der Waals surface area contributed by atoms with Gasteiger partial charge in [0.1, 0.15) is 0 Å². The largest absolute Gasteiger partial charge is 0.356 e. The summed E-state index contributed by atoms with van der Waals surface area (Å²) in [4.78, 5) is 9.02. The van der Waals surface area contributed by atoms with Crippen LogP contribution in [0.5, 0.6) is 0 Å². The molecule has 0 saturated carbocycles. The molecule has 0 aromatic carbocycles. The lowest BCUT2D eigenvalue weighted by atomic mass is 9.98. The highest BCUT2D eigenvalue weighted by molar-refractivity contribution is 14.0. The number of nitrogens with zero attached hydrogens (tertiary/aromatic N) is 3. The number of hydrogen-bond acceptors (Lipinski definition) is 2. The van der Waals surface area contributed by atoms with Crippen molar-refractivity contribution in [2.24, 2.45) is 10.9 Å². The van der Waals surface area contributed by atoms with E-state index in [-0.39, 0.29) is 24.0 Å². The second kappa shape index (κ2) is 10.7. The van der Waals surface area contributed by atoms with E-state index in [2.05, 4.69) is 41.1 Å². The summed E-state index contributed by atoms with van der Waals surface area (Å²) >= 11 is 0. The van der Waals surface area contributed by atoms with Crippen LogP contribution >= 0.6 is 24.0 Å². The van der Waals surface area contributed by atoms with Crippen molar-refractivity contribution in [1.29, 1.82) is 0 Å². The first-order valence-corrected chi connectivity index (χ1v) is 7.27. The van der Waals surface area contributed by atoms with Gasteiger partial charge in [-0.15, -0.1) is 24.0 Å². The highest BCUT2D eigenvalue weighted by Gasteiger charge is 2.17. The van der Waals surface area contributed by atoms with Crippen molar-refractivity contribution in [2.75, 3.05) is 47.3 Å². The molecule has 1 heterocycles. The van der Waals surface area contributed by atoms with Crippen LogP contribution in [0.1, 0.15) is 32.6 Å². The molecule has 19 heavy (non-hydrogen) atoms. The molecule has 0 aliphatic carbocycles. The van der Waals surface area contributed by atoms with Crippen molar-refractivity contribution >= 4 is 29.9 Å². The molecule has 1 aliphatic rings. The number of guanidine groups is 1. The minimum atomic E-state index is 0. The first kappa shape index (κ1) is 19.0. The zero-order valence-electron chi connectivity index (χ0n) is 13.0. The van der Waals surface area contributed by atoms with Gasteiger partial charge in [0, 0.05) is 33.7 Å². The van der Waals surface area contributed by atoms with Gasteiger partial charge in [0.25, 0.3) is 0 Å². The van der Waals surface area contributed by atoms with Crippen molar-refractivity contribution < 1.29 is 0 Å². The lowest BCUT2D eigenvalue weighted by Crippen LogP contribution is -2.44. The quantitative estimate of drug-likeness (QED) is 0.450. The fourth-order valence-corrected chi connectivity index (χ4v) is 2.56. The molecule has 1 rings (SSSR count). The summed E-state index contributed by atoms with van der Waals surface area (Å²) in [6.45, 7) is 6.82. The molecule has 114 valence electrons. The number of rotatable bonds is 5. The van der Waals surface area contributed by atoms with E-state index in [0.717, 1.165) is 25.0 Å². The Morgan fingerprint density at radius 1 is 1.47 bits per heavy atom. The standard InChI is InChI=1S/C14H30N4.HI/c1-5-6-10-18(4)14(15-2)16-11-13-8-7-9-17(3)12-13;/h13H,5-12H2,1-4H3,(H,15,16);1H. The average molecular weight is 382 g/mol. The molecule has 4 nitrogen and oxygen atoms in total. The molecule has 0 bridgehead atoms. The van der Waals surface area contributed by atoms with Gasteiger partial charge in [-0.25, -0.2) is 0 Å². The highest BCUT2D eigenvalue weighted by Crippen LogP contribution is 2.13. The molecule has 0 aromatic rings. The van der Waals surface area contributed by atoms with Crippen LogP contribution < -0.4 is 5.32 Å². The van der Waals surface area contributed by atoms with Crippen LogP contribution in [0.3, 0.4) is 0 Å². The molecule has 0 amide bonds. The molecule has 5 heteroatoms. The Morgan fingerprint density at radius 2 is 2.21 bits per heavy atom. The van der Waals surface area contributed by atoms with E-state index in [1.54, 1.807) is 0 Å². The first-order chi connectivity index (χ1) is 8.67. The molecule has 1 unspecified atom stereocenters. The molecular weight excluding hydrogens is 351 g/mol. The van der Waals surface area contributed by atoms with E-state index in [1.807, 2.05) is 7.05 Å². The number of nitrogens with one attached hydrogen (secondary N) is 1. The van der Waals surface area contributed by atoms with Crippen molar-refractivity contribution in [1.82, 2.24) is 15.1 Å². The second-order valence-electron chi connectivity index (χ2n) is 5.47. The average Bonchev–Trinajstić information content (AvgIpc) is 2.37. The molecule has 0 radical (unpaired) electrons. The van der Waals surface area contributed by atoms with Crippen molar-refractivity contribution in [3.8, 4) is 0 Å². The zero-order valence-corrected chi connectivity index (χ0v) is 15.3. The van der Waals surface area contributed by atoms with Gasteiger partial charge < -0.3 is 15.1 Å². The van der Waals surface area contributed by atoms with Crippen LogP contribution in [-0.4, -0.2) is 63.1 Å². The van der Waals surface area contributed by atoms with Crippen molar-refractivity contribution in [2.45, 2.75) is 32.6 Å². The molecule has 1 atom stereocenters. The monoisotopic (exact) mass is 382 g/mol. The van der Waals surface area contributed by atoms with Gasteiger partial charge in [-0.3, -0.25) is 4.99 Å². The summed E-state index contributed by atoms with van der Waals surface area (Å²) in [6, 6.07) is 0. The Labute approximate surface area is 136 Å². The smallest absolute Gasteiger partial charge is 0.193 e. The second-order valence-corrected chi connectivity index (χ2v) is 5.47. The fraction of sp³-hybridized carbons (Fsp3) is 0.929. The zero-order chi connectivity index (χ0) is 13.4. The van der Waals surface area contributed by atoms with Crippen LogP contribution in [0.15, 0.2) is 4.99 Å².